The Morgan fingerprint density at radius 1 is 1.00 bits per heavy atom. The van der Waals surface area contributed by atoms with E-state index in [9.17, 15) is 14.0 Å². The van der Waals surface area contributed by atoms with Crippen molar-refractivity contribution in [1.82, 2.24) is 49.5 Å². The van der Waals surface area contributed by atoms with Crippen LogP contribution in [-0.4, -0.2) is 49.5 Å². The number of aromatic nitrogens is 11. The van der Waals surface area contributed by atoms with Crippen molar-refractivity contribution in [1.29, 1.82) is 0 Å². The van der Waals surface area contributed by atoms with Crippen LogP contribution in [0.1, 0.15) is 18.3 Å². The van der Waals surface area contributed by atoms with Crippen molar-refractivity contribution in [3.63, 3.8) is 0 Å². The average Bonchev–Trinajstić information content (AvgIpc) is 3.76. The van der Waals surface area contributed by atoms with Gasteiger partial charge in [-0.1, -0.05) is 33.6 Å². The molecule has 0 bridgehead atoms. The van der Waals surface area contributed by atoms with E-state index in [1.807, 2.05) is 0 Å². The SMILES string of the molecule is [O-][n+]1cc(-c2c(-n3cc(Cl)nn3)ccc(Cl)c2F)ccc1[C@H](Cn1cccn1)n1cc(-c2cnnn2C(F)F)cn1. The summed E-state index contributed by atoms with van der Waals surface area (Å²) in [5, 5.41) is 36.6. The Bertz CT molecular complexity index is 1830. The van der Waals surface area contributed by atoms with Gasteiger partial charge in [0.15, 0.2) is 23.2 Å². The van der Waals surface area contributed by atoms with Gasteiger partial charge in [-0.3, -0.25) is 9.36 Å². The second-order valence-corrected chi connectivity index (χ2v) is 9.50. The van der Waals surface area contributed by atoms with Gasteiger partial charge >= 0.3 is 6.55 Å². The standard InChI is InChI=1S/C24H16Cl2F3N11O/c25-16-3-5-18(38-13-21(26)33-35-38)22(23(16)27)14-2-4-17(39(41)11-14)20(12-36-7-1-6-31-36)37-10-15(8-32-37)19-9-30-34-40(19)24(28)29/h1-11,13,20,24H,12H2/t20-/m0/s1. The summed E-state index contributed by atoms with van der Waals surface area (Å²) in [6.07, 6.45) is 9.93. The lowest BCUT2D eigenvalue weighted by Gasteiger charge is -2.18. The maximum atomic E-state index is 15.3. The summed E-state index contributed by atoms with van der Waals surface area (Å²) in [7, 11) is 0. The van der Waals surface area contributed by atoms with Gasteiger partial charge in [0.05, 0.1) is 52.7 Å². The predicted octanol–water partition coefficient (Wildman–Crippen LogP) is 4.35. The van der Waals surface area contributed by atoms with Crippen LogP contribution in [0.4, 0.5) is 13.2 Å². The molecule has 5 aromatic heterocycles. The maximum absolute atomic E-state index is 15.3. The number of hydrogen-bond acceptors (Lipinski definition) is 7. The minimum Gasteiger partial charge on any atom is -0.618 e. The minimum absolute atomic E-state index is 0.00739. The highest BCUT2D eigenvalue weighted by atomic mass is 35.5. The van der Waals surface area contributed by atoms with Gasteiger partial charge in [0.1, 0.15) is 0 Å². The molecule has 0 unspecified atom stereocenters. The third kappa shape index (κ3) is 5.00. The first-order valence-electron chi connectivity index (χ1n) is 11.8. The zero-order valence-corrected chi connectivity index (χ0v) is 22.0. The van der Waals surface area contributed by atoms with E-state index in [0.717, 1.165) is 0 Å². The molecule has 12 nitrogen and oxygen atoms in total. The highest BCUT2D eigenvalue weighted by molar-refractivity contribution is 6.31. The van der Waals surface area contributed by atoms with Crippen molar-refractivity contribution in [3.8, 4) is 28.1 Å². The van der Waals surface area contributed by atoms with Crippen LogP contribution in [0.15, 0.2) is 73.7 Å². The van der Waals surface area contributed by atoms with Gasteiger partial charge in [0, 0.05) is 30.2 Å². The molecule has 0 radical (unpaired) electrons. The molecular weight excluding hydrogens is 586 g/mol. The molecule has 6 aromatic rings. The Morgan fingerprint density at radius 3 is 2.56 bits per heavy atom. The maximum Gasteiger partial charge on any atom is 0.335 e. The van der Waals surface area contributed by atoms with E-state index in [1.165, 1.54) is 58.5 Å². The van der Waals surface area contributed by atoms with E-state index in [2.05, 4.69) is 30.8 Å². The van der Waals surface area contributed by atoms with Crippen LogP contribution in [0.5, 0.6) is 0 Å². The zero-order valence-electron chi connectivity index (χ0n) is 20.5. The number of benzene rings is 1. The zero-order chi connectivity index (χ0) is 28.7. The Hall–Kier alpha value is -4.76. The first-order chi connectivity index (χ1) is 19.8. The fraction of sp³-hybridized carbons (Fsp3) is 0.125. The molecule has 0 N–H and O–H groups in total. The van der Waals surface area contributed by atoms with E-state index >= 15 is 4.39 Å². The van der Waals surface area contributed by atoms with Gasteiger partial charge < -0.3 is 5.21 Å². The van der Waals surface area contributed by atoms with Crippen molar-refractivity contribution < 1.29 is 17.9 Å². The van der Waals surface area contributed by atoms with E-state index in [4.69, 9.17) is 23.2 Å². The molecule has 5 heterocycles. The Labute approximate surface area is 238 Å². The molecule has 208 valence electrons. The molecule has 0 fully saturated rings. The summed E-state index contributed by atoms with van der Waals surface area (Å²) < 4.78 is 47.5. The smallest absolute Gasteiger partial charge is 0.335 e. The fourth-order valence-corrected chi connectivity index (χ4v) is 4.68. The molecule has 0 spiro atoms. The van der Waals surface area contributed by atoms with Crippen LogP contribution in [-0.2, 0) is 6.54 Å². The summed E-state index contributed by atoms with van der Waals surface area (Å²) in [6.45, 7) is -2.74. The quantitative estimate of drug-likeness (QED) is 0.188. The van der Waals surface area contributed by atoms with E-state index in [0.29, 0.717) is 15.0 Å². The number of pyridine rings is 1. The molecule has 0 aliphatic heterocycles. The summed E-state index contributed by atoms with van der Waals surface area (Å²) in [6, 6.07) is 6.92. The van der Waals surface area contributed by atoms with Gasteiger partial charge in [-0.25, -0.2) is 9.07 Å². The highest BCUT2D eigenvalue weighted by Gasteiger charge is 2.27. The molecular formula is C24H16Cl2F3N11O. The third-order valence-corrected chi connectivity index (χ3v) is 6.72. The first-order valence-corrected chi connectivity index (χ1v) is 12.6. The van der Waals surface area contributed by atoms with Gasteiger partial charge in [-0.2, -0.15) is 28.4 Å². The minimum atomic E-state index is -2.91. The molecule has 6 rings (SSSR count). The second-order valence-electron chi connectivity index (χ2n) is 8.70. The number of nitrogens with zero attached hydrogens (tertiary/aromatic N) is 11. The van der Waals surface area contributed by atoms with Crippen molar-refractivity contribution >= 4 is 23.2 Å². The summed E-state index contributed by atoms with van der Waals surface area (Å²) >= 11 is 12.0. The number of hydrogen-bond donors (Lipinski definition) is 0. The van der Waals surface area contributed by atoms with Gasteiger partial charge in [0.25, 0.3) is 0 Å². The Kier molecular flexibility index (Phi) is 6.88. The second kappa shape index (κ2) is 10.7. The van der Waals surface area contributed by atoms with Crippen LogP contribution in [0, 0.1) is 11.0 Å². The van der Waals surface area contributed by atoms with Gasteiger partial charge in [-0.15, -0.1) is 10.2 Å². The molecule has 0 saturated carbocycles. The average molecular weight is 602 g/mol. The lowest BCUT2D eigenvalue weighted by atomic mass is 10.0. The molecule has 1 aromatic carbocycles. The summed E-state index contributed by atoms with van der Waals surface area (Å²) in [5.41, 5.74) is 1.04. The third-order valence-electron chi connectivity index (χ3n) is 6.26. The first kappa shape index (κ1) is 26.5. The Balaban J connectivity index is 1.43. The van der Waals surface area contributed by atoms with Crippen molar-refractivity contribution in [2.75, 3.05) is 0 Å². The predicted molar refractivity (Wildman–Crippen MR) is 139 cm³/mol. The normalized spacial score (nSPS) is 12.3. The van der Waals surface area contributed by atoms with Crippen LogP contribution >= 0.6 is 23.2 Å². The van der Waals surface area contributed by atoms with E-state index < -0.39 is 18.4 Å². The number of alkyl halides is 2. The molecule has 17 heteroatoms. The van der Waals surface area contributed by atoms with Crippen LogP contribution < -0.4 is 4.73 Å². The van der Waals surface area contributed by atoms with Crippen molar-refractivity contribution in [2.24, 2.45) is 0 Å². The van der Waals surface area contributed by atoms with E-state index in [-0.39, 0.29) is 44.9 Å². The van der Waals surface area contributed by atoms with Crippen LogP contribution in [0.2, 0.25) is 10.2 Å². The van der Waals surface area contributed by atoms with Crippen molar-refractivity contribution in [2.45, 2.75) is 19.1 Å². The fourth-order valence-electron chi connectivity index (χ4n) is 4.40. The Morgan fingerprint density at radius 2 is 1.85 bits per heavy atom. The number of rotatable bonds is 8. The highest BCUT2D eigenvalue weighted by Crippen LogP contribution is 2.34. The molecule has 0 aliphatic carbocycles. The molecule has 41 heavy (non-hydrogen) atoms. The lowest BCUT2D eigenvalue weighted by molar-refractivity contribution is -0.615. The van der Waals surface area contributed by atoms with E-state index in [1.54, 1.807) is 29.2 Å². The summed E-state index contributed by atoms with van der Waals surface area (Å²) in [4.78, 5) is 0. The molecule has 0 amide bonds. The van der Waals surface area contributed by atoms with Gasteiger partial charge in [-0.05, 0) is 24.3 Å². The van der Waals surface area contributed by atoms with Crippen molar-refractivity contribution in [3.05, 3.63) is 101 Å². The topological polar surface area (TPSA) is 124 Å². The van der Waals surface area contributed by atoms with Crippen LogP contribution in [0.25, 0.3) is 28.1 Å². The monoisotopic (exact) mass is 601 g/mol. The summed E-state index contributed by atoms with van der Waals surface area (Å²) in [5.74, 6) is -0.766. The molecule has 0 aliphatic rings. The number of halogens is 5. The lowest BCUT2D eigenvalue weighted by Crippen LogP contribution is -2.37. The van der Waals surface area contributed by atoms with Crippen LogP contribution in [0.3, 0.4) is 0 Å². The van der Waals surface area contributed by atoms with Gasteiger partial charge in [0.2, 0.25) is 5.69 Å². The molecule has 1 atom stereocenters. The molecule has 0 saturated heterocycles. The largest absolute Gasteiger partial charge is 0.618 e.